The van der Waals surface area contributed by atoms with Crippen molar-refractivity contribution in [3.63, 3.8) is 0 Å². The first kappa shape index (κ1) is 19.8. The van der Waals surface area contributed by atoms with E-state index >= 15 is 0 Å². The van der Waals surface area contributed by atoms with Crippen LogP contribution in [0.3, 0.4) is 0 Å². The fourth-order valence-electron chi connectivity index (χ4n) is 3.15. The van der Waals surface area contributed by atoms with E-state index in [2.05, 4.69) is 29.2 Å². The lowest BCUT2D eigenvalue weighted by atomic mass is 10.0. The number of aryl methyl sites for hydroxylation is 1. The molecule has 0 atom stereocenters. The highest BCUT2D eigenvalue weighted by Crippen LogP contribution is 2.21. The molecule has 1 N–H and O–H groups in total. The van der Waals surface area contributed by atoms with Crippen molar-refractivity contribution in [1.29, 1.82) is 0 Å². The number of rotatable bonds is 4. The Morgan fingerprint density at radius 3 is 2.37 bits per heavy atom. The molecule has 0 aliphatic heterocycles. The molecule has 1 amide bonds. The van der Waals surface area contributed by atoms with E-state index in [4.69, 9.17) is 11.6 Å². The Kier molecular flexibility index (Phi) is 5.13. The van der Waals surface area contributed by atoms with Crippen LogP contribution in [0.1, 0.15) is 35.8 Å². The Morgan fingerprint density at radius 2 is 1.73 bits per heavy atom. The zero-order valence-corrected chi connectivity index (χ0v) is 17.5. The molecular weight excluding hydrogens is 402 g/mol. The molecule has 2 aromatic heterocycles. The van der Waals surface area contributed by atoms with E-state index in [0.717, 1.165) is 0 Å². The van der Waals surface area contributed by atoms with Crippen molar-refractivity contribution in [1.82, 2.24) is 19.3 Å². The number of nitrogens with one attached hydrogen (secondary N) is 1. The molecule has 0 bridgehead atoms. The lowest BCUT2D eigenvalue weighted by molar-refractivity contribution is 0.102. The monoisotopic (exact) mass is 421 g/mol. The van der Waals surface area contributed by atoms with Gasteiger partial charge < -0.3 is 9.88 Å². The summed E-state index contributed by atoms with van der Waals surface area (Å²) in [4.78, 5) is 30.1. The number of hydrogen-bond acceptors (Lipinski definition) is 4. The number of halogens is 1. The predicted molar refractivity (Wildman–Crippen MR) is 118 cm³/mol. The smallest absolute Gasteiger partial charge is 0.279 e. The quantitative estimate of drug-likeness (QED) is 0.536. The molecule has 0 spiro atoms. The lowest BCUT2D eigenvalue weighted by Crippen LogP contribution is -2.19. The zero-order valence-electron chi connectivity index (χ0n) is 16.8. The molecule has 2 heterocycles. The Balaban J connectivity index is 1.79. The normalized spacial score (nSPS) is 11.2. The van der Waals surface area contributed by atoms with Crippen LogP contribution in [0.4, 0.5) is 5.69 Å². The van der Waals surface area contributed by atoms with Crippen molar-refractivity contribution in [3.8, 4) is 5.69 Å². The average molecular weight is 422 g/mol. The summed E-state index contributed by atoms with van der Waals surface area (Å²) < 4.78 is 2.78. The highest BCUT2D eigenvalue weighted by atomic mass is 35.5. The van der Waals surface area contributed by atoms with Crippen molar-refractivity contribution in [2.45, 2.75) is 19.8 Å². The van der Waals surface area contributed by atoms with Gasteiger partial charge in [0.05, 0.1) is 12.0 Å². The third kappa shape index (κ3) is 3.59. The topological polar surface area (TPSA) is 81.8 Å². The molecular formula is C22H20ClN5O2. The number of anilines is 1. The van der Waals surface area contributed by atoms with Gasteiger partial charge in [-0.05, 0) is 47.9 Å². The lowest BCUT2D eigenvalue weighted by Gasteiger charge is -2.07. The van der Waals surface area contributed by atoms with Crippen molar-refractivity contribution < 1.29 is 4.79 Å². The minimum absolute atomic E-state index is 0.0746. The standard InChI is InChI=1S/C22H20ClN5O2/c1-13(2)14-4-8-16(9-5-14)25-21(29)19-18-20(22(30)27(3)12-24-18)28(26-19)17-10-6-15(23)7-11-17/h4-13H,1-3H3,(H,25,29). The number of amides is 1. The van der Waals surface area contributed by atoms with Crippen molar-refractivity contribution >= 4 is 34.2 Å². The molecule has 0 fully saturated rings. The van der Waals surface area contributed by atoms with Crippen LogP contribution in [-0.4, -0.2) is 25.2 Å². The Labute approximate surface area is 177 Å². The van der Waals surface area contributed by atoms with Crippen LogP contribution in [-0.2, 0) is 7.05 Å². The van der Waals surface area contributed by atoms with Crippen LogP contribution in [0.15, 0.2) is 59.7 Å². The molecule has 4 aromatic rings. The predicted octanol–water partition coefficient (Wildman–Crippen LogP) is 4.15. The van der Waals surface area contributed by atoms with Crippen LogP contribution in [0.5, 0.6) is 0 Å². The SMILES string of the molecule is CC(C)c1ccc(NC(=O)c2nn(-c3ccc(Cl)cc3)c3c(=O)n(C)cnc23)cc1. The van der Waals surface area contributed by atoms with Crippen LogP contribution >= 0.6 is 11.6 Å². The summed E-state index contributed by atoms with van der Waals surface area (Å²) in [6.07, 6.45) is 1.38. The Morgan fingerprint density at radius 1 is 1.07 bits per heavy atom. The van der Waals surface area contributed by atoms with Gasteiger partial charge in [0, 0.05) is 17.8 Å². The third-order valence-corrected chi connectivity index (χ3v) is 5.12. The Bertz CT molecular complexity index is 1290. The molecule has 152 valence electrons. The van der Waals surface area contributed by atoms with Crippen LogP contribution in [0.25, 0.3) is 16.7 Å². The van der Waals surface area contributed by atoms with Crippen LogP contribution < -0.4 is 10.9 Å². The second kappa shape index (κ2) is 7.76. The van der Waals surface area contributed by atoms with E-state index in [1.165, 1.54) is 21.1 Å². The molecule has 0 unspecified atom stereocenters. The molecule has 0 radical (unpaired) electrons. The highest BCUT2D eigenvalue weighted by Gasteiger charge is 2.22. The van der Waals surface area contributed by atoms with E-state index in [-0.39, 0.29) is 22.3 Å². The number of carbonyl (C=O) groups excluding carboxylic acids is 1. The fourth-order valence-corrected chi connectivity index (χ4v) is 3.28. The summed E-state index contributed by atoms with van der Waals surface area (Å²) in [6.45, 7) is 4.21. The van der Waals surface area contributed by atoms with Gasteiger partial charge >= 0.3 is 0 Å². The largest absolute Gasteiger partial charge is 0.321 e. The zero-order chi connectivity index (χ0) is 21.4. The van der Waals surface area contributed by atoms with E-state index in [1.54, 1.807) is 31.3 Å². The van der Waals surface area contributed by atoms with Gasteiger partial charge in [0.15, 0.2) is 11.2 Å². The van der Waals surface area contributed by atoms with Gasteiger partial charge in [-0.1, -0.05) is 37.6 Å². The summed E-state index contributed by atoms with van der Waals surface area (Å²) >= 11 is 5.98. The van der Waals surface area contributed by atoms with Crippen molar-refractivity contribution in [2.24, 2.45) is 7.05 Å². The van der Waals surface area contributed by atoms with Gasteiger partial charge in [-0.25, -0.2) is 9.67 Å². The summed E-state index contributed by atoms with van der Waals surface area (Å²) in [5, 5.41) is 7.82. The molecule has 8 heteroatoms. The molecule has 0 aliphatic carbocycles. The summed E-state index contributed by atoms with van der Waals surface area (Å²) in [6, 6.07) is 14.5. The van der Waals surface area contributed by atoms with Gasteiger partial charge in [0.2, 0.25) is 0 Å². The van der Waals surface area contributed by atoms with E-state index in [1.807, 2.05) is 24.3 Å². The first-order valence-corrected chi connectivity index (χ1v) is 9.84. The maximum absolute atomic E-state index is 13.0. The first-order chi connectivity index (χ1) is 14.3. The number of aromatic nitrogens is 4. The van der Waals surface area contributed by atoms with E-state index in [0.29, 0.717) is 22.3 Å². The molecule has 0 aliphatic rings. The molecule has 7 nitrogen and oxygen atoms in total. The number of nitrogens with zero attached hydrogens (tertiary/aromatic N) is 4. The second-order valence-corrected chi connectivity index (χ2v) is 7.76. The molecule has 0 saturated carbocycles. The van der Waals surface area contributed by atoms with Crippen molar-refractivity contribution in [2.75, 3.05) is 5.32 Å². The number of hydrogen-bond donors (Lipinski definition) is 1. The molecule has 4 rings (SSSR count). The van der Waals surface area contributed by atoms with Crippen LogP contribution in [0, 0.1) is 0 Å². The molecule has 0 saturated heterocycles. The minimum Gasteiger partial charge on any atom is -0.321 e. The van der Waals surface area contributed by atoms with Crippen LogP contribution in [0.2, 0.25) is 5.02 Å². The summed E-state index contributed by atoms with van der Waals surface area (Å²) in [5.41, 5.74) is 2.66. The number of carbonyl (C=O) groups is 1. The highest BCUT2D eigenvalue weighted by molar-refractivity contribution is 6.30. The molecule has 2 aromatic carbocycles. The summed E-state index contributed by atoms with van der Waals surface area (Å²) in [7, 11) is 1.60. The molecule has 30 heavy (non-hydrogen) atoms. The average Bonchev–Trinajstić information content (AvgIpc) is 3.12. The first-order valence-electron chi connectivity index (χ1n) is 9.46. The van der Waals surface area contributed by atoms with Gasteiger partial charge in [-0.15, -0.1) is 0 Å². The summed E-state index contributed by atoms with van der Waals surface area (Å²) in [5.74, 6) is -0.0417. The number of benzene rings is 2. The second-order valence-electron chi connectivity index (χ2n) is 7.33. The van der Waals surface area contributed by atoms with E-state index in [9.17, 15) is 9.59 Å². The fraction of sp³-hybridized carbons (Fsp3) is 0.182. The van der Waals surface area contributed by atoms with Gasteiger partial charge in [-0.3, -0.25) is 9.59 Å². The third-order valence-electron chi connectivity index (χ3n) is 4.86. The maximum atomic E-state index is 13.0. The van der Waals surface area contributed by atoms with Crippen molar-refractivity contribution in [3.05, 3.63) is 81.5 Å². The Hall–Kier alpha value is -3.45. The number of fused-ring (bicyclic) bond motifs is 1. The minimum atomic E-state index is -0.439. The maximum Gasteiger partial charge on any atom is 0.279 e. The van der Waals surface area contributed by atoms with Gasteiger partial charge in [0.25, 0.3) is 11.5 Å². The van der Waals surface area contributed by atoms with Gasteiger partial charge in [0.1, 0.15) is 5.52 Å². The van der Waals surface area contributed by atoms with E-state index < -0.39 is 5.91 Å². The van der Waals surface area contributed by atoms with Gasteiger partial charge in [-0.2, -0.15) is 5.10 Å².